The van der Waals surface area contributed by atoms with E-state index in [-0.39, 0.29) is 39.3 Å². The van der Waals surface area contributed by atoms with Crippen LogP contribution in [0.4, 0.5) is 4.79 Å². The maximum Gasteiger partial charge on any atom is 0.325 e. The van der Waals surface area contributed by atoms with Crippen LogP contribution >= 0.6 is 0 Å². The van der Waals surface area contributed by atoms with Gasteiger partial charge in [-0.25, -0.2) is 0 Å². The van der Waals surface area contributed by atoms with Crippen LogP contribution in [0, 0.1) is 0 Å². The second kappa shape index (κ2) is 18.5. The van der Waals surface area contributed by atoms with Gasteiger partial charge >= 0.3 is 5.97 Å². The molecule has 0 aliphatic heterocycles. The summed E-state index contributed by atoms with van der Waals surface area (Å²) in [4.78, 5) is 30.6. The van der Waals surface area contributed by atoms with Crippen molar-refractivity contribution in [2.24, 2.45) is 0 Å². The maximum atomic E-state index is 11.3. The van der Waals surface area contributed by atoms with Gasteiger partial charge in [0.15, 0.2) is 6.29 Å². The Morgan fingerprint density at radius 3 is 2.12 bits per heavy atom. The molecule has 10 nitrogen and oxygen atoms in total. The van der Waals surface area contributed by atoms with Crippen molar-refractivity contribution >= 4 is 17.9 Å². The zero-order chi connectivity index (χ0) is 18.3. The molecule has 0 fully saturated rings. The zero-order valence-corrected chi connectivity index (χ0v) is 17.3. The molecule has 0 bridgehead atoms. The molecule has 0 rings (SSSR count). The van der Waals surface area contributed by atoms with Gasteiger partial charge in [0.2, 0.25) is 0 Å². The van der Waals surface area contributed by atoms with Gasteiger partial charge in [0.05, 0.1) is 13.7 Å². The molecule has 24 heavy (non-hydrogen) atoms. The van der Waals surface area contributed by atoms with Crippen molar-refractivity contribution in [2.75, 3.05) is 33.9 Å². The number of methoxy groups -OCH3 is 1. The molecular formula is C13H26N4O6Y-2. The number of ether oxygens (including phenoxy) is 3. The van der Waals surface area contributed by atoms with E-state index in [1.165, 1.54) is 14.0 Å². The Kier molecular flexibility index (Phi) is 21.6. The first-order valence-electron chi connectivity index (χ1n) is 6.94. The SMILES string of the molecule is CC([NH-])=O.CNC(COC(C)OCCCNC([NH-])=O)C(=O)OC.[Y]. The van der Waals surface area contributed by atoms with Crippen molar-refractivity contribution in [3.63, 3.8) is 0 Å². The van der Waals surface area contributed by atoms with Gasteiger partial charge in [-0.3, -0.25) is 9.59 Å². The van der Waals surface area contributed by atoms with Crippen LogP contribution in [0.3, 0.4) is 0 Å². The van der Waals surface area contributed by atoms with E-state index in [2.05, 4.69) is 15.4 Å². The summed E-state index contributed by atoms with van der Waals surface area (Å²) >= 11 is 0. The van der Waals surface area contributed by atoms with Crippen molar-refractivity contribution in [2.45, 2.75) is 32.6 Å². The Morgan fingerprint density at radius 1 is 1.17 bits per heavy atom. The van der Waals surface area contributed by atoms with Crippen LogP contribution in [0.5, 0.6) is 0 Å². The summed E-state index contributed by atoms with van der Waals surface area (Å²) in [5, 5.41) is 5.11. The Hall–Kier alpha value is -0.806. The molecule has 0 aromatic heterocycles. The maximum absolute atomic E-state index is 11.3. The van der Waals surface area contributed by atoms with Crippen LogP contribution in [0.1, 0.15) is 20.3 Å². The minimum absolute atomic E-state index is 0. The molecule has 11 heteroatoms. The smallest absolute Gasteiger partial charge is 0.325 e. The largest absolute Gasteiger partial charge is 0.668 e. The molecule has 0 aromatic rings. The van der Waals surface area contributed by atoms with E-state index >= 15 is 0 Å². The zero-order valence-electron chi connectivity index (χ0n) is 14.5. The molecule has 0 heterocycles. The number of amides is 3. The third kappa shape index (κ3) is 21.2. The Bertz CT molecular complexity index is 355. The summed E-state index contributed by atoms with van der Waals surface area (Å²) in [7, 11) is 2.95. The second-order valence-electron chi connectivity index (χ2n) is 4.30. The number of nitrogens with one attached hydrogen (secondary N) is 4. The predicted molar refractivity (Wildman–Crippen MR) is 83.6 cm³/mol. The monoisotopic (exact) mass is 423 g/mol. The third-order valence-corrected chi connectivity index (χ3v) is 2.29. The van der Waals surface area contributed by atoms with E-state index in [0.717, 1.165) is 0 Å². The van der Waals surface area contributed by atoms with Crippen molar-refractivity contribution in [1.82, 2.24) is 10.6 Å². The molecule has 2 unspecified atom stereocenters. The summed E-state index contributed by atoms with van der Waals surface area (Å²) in [5.41, 5.74) is 12.6. The number of urea groups is 1. The fraction of sp³-hybridized carbons (Fsp3) is 0.769. The Morgan fingerprint density at radius 2 is 1.71 bits per heavy atom. The molecule has 2 atom stereocenters. The Labute approximate surface area is 167 Å². The predicted octanol–water partition coefficient (Wildman–Crippen LogP) is 0.861. The quantitative estimate of drug-likeness (QED) is 0.300. The van der Waals surface area contributed by atoms with E-state index in [1.807, 2.05) is 0 Å². The Balaban J connectivity index is -0.000000787. The molecule has 3 amide bonds. The average Bonchev–Trinajstić information content (AvgIpc) is 2.46. The molecule has 1 radical (unpaired) electrons. The van der Waals surface area contributed by atoms with Gasteiger partial charge in [-0.2, -0.15) is 0 Å². The first-order valence-corrected chi connectivity index (χ1v) is 6.94. The van der Waals surface area contributed by atoms with Crippen LogP contribution in [0.15, 0.2) is 0 Å². The number of esters is 1. The van der Waals surface area contributed by atoms with Crippen LogP contribution in [0.2, 0.25) is 0 Å². The van der Waals surface area contributed by atoms with Gasteiger partial charge in [-0.05, 0) is 33.9 Å². The molecular weight excluding hydrogens is 397 g/mol. The summed E-state index contributed by atoms with van der Waals surface area (Å²) in [6.45, 7) is 3.83. The molecule has 139 valence electrons. The minimum Gasteiger partial charge on any atom is -0.668 e. The first kappa shape index (κ1) is 28.0. The van der Waals surface area contributed by atoms with Gasteiger partial charge in [-0.15, -0.1) is 0 Å². The third-order valence-electron chi connectivity index (χ3n) is 2.29. The van der Waals surface area contributed by atoms with Crippen LogP contribution in [-0.2, 0) is 56.5 Å². The molecule has 0 saturated carbocycles. The number of hydrogen-bond acceptors (Lipinski definition) is 7. The molecule has 4 N–H and O–H groups in total. The summed E-state index contributed by atoms with van der Waals surface area (Å²) in [6, 6.07) is -1.34. The standard InChI is InChI=1S/C11H23N3O5.C2H5NO.Y/c1-8(18-6-4-5-14-11(12)16)19-7-9(13-2)10(15)17-3;1-2(3)4;/h8-9,13H,4-7H2,1-3H3,(H3,12,14,16);1H3,(H2,3,4);/p-2. The molecule has 0 aromatic carbocycles. The number of likely N-dealkylation sites (N-methyl/N-ethyl adjacent to an activating group) is 1. The topological polar surface area (TPSA) is 151 Å². The normalized spacial score (nSPS) is 11.8. The fourth-order valence-electron chi connectivity index (χ4n) is 1.21. The van der Waals surface area contributed by atoms with E-state index in [0.29, 0.717) is 19.6 Å². The van der Waals surface area contributed by atoms with Crippen LogP contribution < -0.4 is 10.6 Å². The van der Waals surface area contributed by atoms with Gasteiger partial charge in [0.1, 0.15) is 12.1 Å². The molecule has 0 aliphatic carbocycles. The van der Waals surface area contributed by atoms with Crippen molar-refractivity contribution in [3.05, 3.63) is 11.5 Å². The van der Waals surface area contributed by atoms with Crippen LogP contribution in [-0.4, -0.2) is 64.2 Å². The van der Waals surface area contributed by atoms with Gasteiger partial charge in [0, 0.05) is 45.2 Å². The first-order chi connectivity index (χ1) is 10.7. The van der Waals surface area contributed by atoms with E-state index < -0.39 is 30.2 Å². The van der Waals surface area contributed by atoms with Gasteiger partial charge in [-0.1, -0.05) is 0 Å². The van der Waals surface area contributed by atoms with E-state index in [1.54, 1.807) is 14.0 Å². The summed E-state index contributed by atoms with van der Waals surface area (Å²) < 4.78 is 15.2. The number of hydrogen-bond donors (Lipinski definition) is 2. The molecule has 0 saturated heterocycles. The molecule has 0 aliphatic rings. The summed E-state index contributed by atoms with van der Waals surface area (Å²) in [6.07, 6.45) is 0.123. The van der Waals surface area contributed by atoms with Crippen molar-refractivity contribution in [1.29, 1.82) is 0 Å². The molecule has 0 spiro atoms. The van der Waals surface area contributed by atoms with Gasteiger partial charge in [0.25, 0.3) is 0 Å². The fourth-order valence-corrected chi connectivity index (χ4v) is 1.21. The van der Waals surface area contributed by atoms with Crippen LogP contribution in [0.25, 0.3) is 11.5 Å². The van der Waals surface area contributed by atoms with Gasteiger partial charge < -0.3 is 41.1 Å². The number of carbonyl (C=O) groups is 3. The second-order valence-corrected chi connectivity index (χ2v) is 4.30. The summed E-state index contributed by atoms with van der Waals surface area (Å²) in [5.74, 6) is -0.979. The number of carbonyl (C=O) groups excluding carboxylic acids is 3. The van der Waals surface area contributed by atoms with Crippen molar-refractivity contribution < 1.29 is 61.3 Å². The minimum atomic E-state index is -0.806. The van der Waals surface area contributed by atoms with E-state index in [4.69, 9.17) is 25.7 Å². The van der Waals surface area contributed by atoms with Crippen molar-refractivity contribution in [3.8, 4) is 0 Å². The number of rotatable bonds is 10. The van der Waals surface area contributed by atoms with E-state index in [9.17, 15) is 9.59 Å². The average molecular weight is 423 g/mol.